The lowest BCUT2D eigenvalue weighted by molar-refractivity contribution is -0.142. The molecule has 0 bridgehead atoms. The highest BCUT2D eigenvalue weighted by Gasteiger charge is 2.43. The Morgan fingerprint density at radius 1 is 1.24 bits per heavy atom. The van der Waals surface area contributed by atoms with E-state index in [4.69, 9.17) is 0 Å². The molecule has 3 atom stereocenters. The van der Waals surface area contributed by atoms with E-state index >= 15 is 0 Å². The SMILES string of the molecule is Cc1ncsc1-c1ccc(CNC(=O)C2C[C@@H](O)CN2C(=O)C(NC(C)C)C(C)(C)C)cc1. The summed E-state index contributed by atoms with van der Waals surface area (Å²) in [6.45, 7) is 12.5. The van der Waals surface area contributed by atoms with Gasteiger partial charge < -0.3 is 20.6 Å². The van der Waals surface area contributed by atoms with Gasteiger partial charge in [0.1, 0.15) is 6.04 Å². The second-order valence-corrected chi connectivity index (χ2v) is 11.1. The number of hydrogen-bond donors (Lipinski definition) is 3. The van der Waals surface area contributed by atoms with E-state index in [0.717, 1.165) is 21.7 Å². The summed E-state index contributed by atoms with van der Waals surface area (Å²) in [5.41, 5.74) is 4.59. The van der Waals surface area contributed by atoms with E-state index in [1.165, 1.54) is 0 Å². The Balaban J connectivity index is 1.66. The maximum Gasteiger partial charge on any atom is 0.243 e. The second-order valence-electron chi connectivity index (χ2n) is 10.2. The quantitative estimate of drug-likeness (QED) is 0.576. The number of aliphatic hydroxyl groups is 1. The van der Waals surface area contributed by atoms with Crippen LogP contribution in [0.2, 0.25) is 0 Å². The predicted molar refractivity (Wildman–Crippen MR) is 132 cm³/mol. The van der Waals surface area contributed by atoms with Crippen LogP contribution in [0.4, 0.5) is 0 Å². The van der Waals surface area contributed by atoms with Crippen molar-refractivity contribution in [3.8, 4) is 10.4 Å². The number of β-amino-alcohol motifs (C(OH)–C–C–N with tert-alkyl or cyclic N) is 1. The smallest absolute Gasteiger partial charge is 0.243 e. The fraction of sp³-hybridized carbons (Fsp3) is 0.560. The molecule has 1 saturated heterocycles. The Bertz CT molecular complexity index is 965. The number of nitrogens with one attached hydrogen (secondary N) is 2. The molecule has 33 heavy (non-hydrogen) atoms. The molecule has 8 heteroatoms. The normalized spacial score (nSPS) is 19.7. The number of likely N-dealkylation sites (tertiary alicyclic amines) is 1. The Morgan fingerprint density at radius 3 is 2.45 bits per heavy atom. The fourth-order valence-electron chi connectivity index (χ4n) is 4.16. The maximum atomic E-state index is 13.4. The third-order valence-electron chi connectivity index (χ3n) is 5.91. The zero-order valence-corrected chi connectivity index (χ0v) is 21.2. The Labute approximate surface area is 200 Å². The summed E-state index contributed by atoms with van der Waals surface area (Å²) >= 11 is 1.61. The first-order chi connectivity index (χ1) is 15.5. The van der Waals surface area contributed by atoms with Gasteiger partial charge in [0, 0.05) is 25.6 Å². The molecule has 1 fully saturated rings. The van der Waals surface area contributed by atoms with Gasteiger partial charge in [0.2, 0.25) is 11.8 Å². The lowest BCUT2D eigenvalue weighted by Crippen LogP contribution is -2.57. The third kappa shape index (κ3) is 6.19. The zero-order valence-electron chi connectivity index (χ0n) is 20.4. The van der Waals surface area contributed by atoms with Gasteiger partial charge in [0.05, 0.1) is 28.2 Å². The predicted octanol–water partition coefficient (Wildman–Crippen LogP) is 3.11. The number of aryl methyl sites for hydroxylation is 1. The molecule has 180 valence electrons. The lowest BCUT2D eigenvalue weighted by Gasteiger charge is -2.36. The Kier molecular flexibility index (Phi) is 7.92. The fourth-order valence-corrected chi connectivity index (χ4v) is 4.97. The van der Waals surface area contributed by atoms with E-state index in [1.54, 1.807) is 16.2 Å². The van der Waals surface area contributed by atoms with Gasteiger partial charge in [-0.05, 0) is 23.5 Å². The van der Waals surface area contributed by atoms with Crippen molar-refractivity contribution in [3.63, 3.8) is 0 Å². The summed E-state index contributed by atoms with van der Waals surface area (Å²) < 4.78 is 0. The summed E-state index contributed by atoms with van der Waals surface area (Å²) in [5, 5.41) is 16.6. The van der Waals surface area contributed by atoms with Gasteiger partial charge in [-0.2, -0.15) is 0 Å². The van der Waals surface area contributed by atoms with E-state index in [9.17, 15) is 14.7 Å². The second kappa shape index (κ2) is 10.3. The van der Waals surface area contributed by atoms with Crippen molar-refractivity contribution in [1.29, 1.82) is 0 Å². The maximum absolute atomic E-state index is 13.4. The molecule has 3 N–H and O–H groups in total. The molecule has 2 aromatic rings. The molecule has 1 aliphatic heterocycles. The van der Waals surface area contributed by atoms with Crippen molar-refractivity contribution >= 4 is 23.2 Å². The number of thiazole rings is 1. The van der Waals surface area contributed by atoms with Gasteiger partial charge in [0.15, 0.2) is 0 Å². The van der Waals surface area contributed by atoms with Crippen LogP contribution in [0.25, 0.3) is 10.4 Å². The molecular formula is C25H36N4O3S. The Morgan fingerprint density at radius 2 is 1.91 bits per heavy atom. The van der Waals surface area contributed by atoms with Crippen LogP contribution in [0.1, 0.15) is 52.3 Å². The topological polar surface area (TPSA) is 94.6 Å². The average Bonchev–Trinajstić information content (AvgIpc) is 3.35. The van der Waals surface area contributed by atoms with Gasteiger partial charge in [-0.15, -0.1) is 11.3 Å². The minimum Gasteiger partial charge on any atom is -0.391 e. The van der Waals surface area contributed by atoms with Crippen LogP contribution in [-0.2, 0) is 16.1 Å². The number of aliphatic hydroxyl groups excluding tert-OH is 1. The summed E-state index contributed by atoms with van der Waals surface area (Å²) in [4.78, 5) is 33.4. The number of carbonyl (C=O) groups excluding carboxylic acids is 2. The van der Waals surface area contributed by atoms with Gasteiger partial charge in [0.25, 0.3) is 0 Å². The van der Waals surface area contributed by atoms with Crippen LogP contribution in [0.15, 0.2) is 29.8 Å². The summed E-state index contributed by atoms with van der Waals surface area (Å²) in [6.07, 6.45) is -0.453. The molecule has 2 heterocycles. The molecule has 1 aliphatic rings. The van der Waals surface area contributed by atoms with E-state index in [-0.39, 0.29) is 36.2 Å². The minimum atomic E-state index is -0.703. The molecule has 2 amide bonds. The standard InChI is InChI=1S/C25H36N4O3S/c1-15(2)28-22(25(4,5)6)24(32)29-13-19(30)11-20(29)23(31)26-12-17-7-9-18(10-8-17)21-16(3)27-14-33-21/h7-10,14-15,19-20,22,28,30H,11-13H2,1-6H3,(H,26,31)/t19-,20?,22?/m1/s1. The highest BCUT2D eigenvalue weighted by molar-refractivity contribution is 7.13. The number of nitrogens with zero attached hydrogens (tertiary/aromatic N) is 2. The summed E-state index contributed by atoms with van der Waals surface area (Å²) in [7, 11) is 0. The van der Waals surface area contributed by atoms with Crippen LogP contribution in [0, 0.1) is 12.3 Å². The van der Waals surface area contributed by atoms with E-state index in [0.29, 0.717) is 6.54 Å². The molecule has 0 radical (unpaired) electrons. The van der Waals surface area contributed by atoms with E-state index in [2.05, 4.69) is 15.6 Å². The summed E-state index contributed by atoms with van der Waals surface area (Å²) in [6, 6.07) is 7.04. The first-order valence-electron chi connectivity index (χ1n) is 11.5. The molecule has 0 aliphatic carbocycles. The number of rotatable bonds is 7. The molecule has 7 nitrogen and oxygen atoms in total. The van der Waals surface area contributed by atoms with Crippen molar-refractivity contribution in [2.45, 2.75) is 78.7 Å². The van der Waals surface area contributed by atoms with Crippen LogP contribution in [0.3, 0.4) is 0 Å². The van der Waals surface area contributed by atoms with E-state index in [1.807, 2.05) is 71.3 Å². The first-order valence-corrected chi connectivity index (χ1v) is 12.4. The zero-order chi connectivity index (χ0) is 24.3. The van der Waals surface area contributed by atoms with Crippen molar-refractivity contribution in [1.82, 2.24) is 20.5 Å². The van der Waals surface area contributed by atoms with Crippen LogP contribution in [0.5, 0.6) is 0 Å². The van der Waals surface area contributed by atoms with Crippen molar-refractivity contribution in [2.75, 3.05) is 6.54 Å². The van der Waals surface area contributed by atoms with Crippen LogP contribution < -0.4 is 10.6 Å². The molecule has 0 saturated carbocycles. The Hall–Kier alpha value is -2.29. The van der Waals surface area contributed by atoms with Crippen LogP contribution >= 0.6 is 11.3 Å². The molecule has 2 unspecified atom stereocenters. The monoisotopic (exact) mass is 472 g/mol. The largest absolute Gasteiger partial charge is 0.391 e. The third-order valence-corrected chi connectivity index (χ3v) is 6.88. The van der Waals surface area contributed by atoms with Gasteiger partial charge in [-0.25, -0.2) is 4.98 Å². The number of benzene rings is 1. The molecule has 1 aromatic heterocycles. The first kappa shape index (κ1) is 25.3. The minimum absolute atomic E-state index is 0.120. The lowest BCUT2D eigenvalue weighted by atomic mass is 9.85. The molecule has 0 spiro atoms. The van der Waals surface area contributed by atoms with Crippen molar-refractivity contribution in [3.05, 3.63) is 41.0 Å². The average molecular weight is 473 g/mol. The number of amides is 2. The number of hydrogen-bond acceptors (Lipinski definition) is 6. The summed E-state index contributed by atoms with van der Waals surface area (Å²) in [5.74, 6) is -0.378. The highest BCUT2D eigenvalue weighted by atomic mass is 32.1. The van der Waals surface area contributed by atoms with Crippen molar-refractivity contribution in [2.24, 2.45) is 5.41 Å². The van der Waals surface area contributed by atoms with Gasteiger partial charge >= 0.3 is 0 Å². The number of carbonyl (C=O) groups is 2. The van der Waals surface area contributed by atoms with Crippen LogP contribution in [-0.4, -0.2) is 57.6 Å². The van der Waals surface area contributed by atoms with E-state index < -0.39 is 18.2 Å². The molecular weight excluding hydrogens is 436 g/mol. The van der Waals surface area contributed by atoms with Crippen molar-refractivity contribution < 1.29 is 14.7 Å². The molecule has 3 rings (SSSR count). The molecule has 1 aromatic carbocycles. The van der Waals surface area contributed by atoms with Gasteiger partial charge in [-0.3, -0.25) is 9.59 Å². The number of aromatic nitrogens is 1. The van der Waals surface area contributed by atoms with Gasteiger partial charge in [-0.1, -0.05) is 58.9 Å². The highest BCUT2D eigenvalue weighted by Crippen LogP contribution is 2.28.